The first-order valence-corrected chi connectivity index (χ1v) is 8.54. The summed E-state index contributed by atoms with van der Waals surface area (Å²) in [7, 11) is 1.70. The molecule has 0 aliphatic carbocycles. The second-order valence-corrected chi connectivity index (χ2v) is 6.79. The molecule has 0 aromatic heterocycles. The van der Waals surface area contributed by atoms with E-state index in [4.69, 9.17) is 16.5 Å². The van der Waals surface area contributed by atoms with Crippen LogP contribution in [0.1, 0.15) is 24.4 Å². The molecule has 86 valence electrons. The smallest absolute Gasteiger partial charge is 0.118 e. The zero-order valence-corrected chi connectivity index (χ0v) is 11.7. The first-order valence-electron chi connectivity index (χ1n) is 5.25. The van der Waals surface area contributed by atoms with Crippen molar-refractivity contribution in [1.29, 1.82) is 0 Å². The highest BCUT2D eigenvalue weighted by Crippen LogP contribution is 2.41. The molecule has 0 radical (unpaired) electrons. The molecule has 0 N–H and O–H groups in total. The fraction of sp³-hybridized carbons (Fsp3) is 0.455. The van der Waals surface area contributed by atoms with Gasteiger partial charge in [-0.2, -0.15) is 0 Å². The van der Waals surface area contributed by atoms with Gasteiger partial charge in [-0.3, -0.25) is 0 Å². The molecule has 1 atom stereocenters. The van der Waals surface area contributed by atoms with Gasteiger partial charge in [0, 0.05) is 12.6 Å². The van der Waals surface area contributed by atoms with Crippen molar-refractivity contribution < 1.29 is 4.74 Å². The van der Waals surface area contributed by atoms with E-state index < -0.39 is 0 Å². The summed E-state index contributed by atoms with van der Waals surface area (Å²) in [4.78, 5) is 0. The van der Waals surface area contributed by atoms with Gasteiger partial charge in [0.05, 0.1) is 13.7 Å². The van der Waals surface area contributed by atoms with E-state index in [1.165, 1.54) is 18.4 Å². The van der Waals surface area contributed by atoms with E-state index in [9.17, 15) is 0 Å². The van der Waals surface area contributed by atoms with Crippen molar-refractivity contribution in [2.75, 3.05) is 13.7 Å². The molecular formula is C11H14NOPS2. The molecule has 0 spiro atoms. The number of methoxy groups -OCH3 is 1. The van der Waals surface area contributed by atoms with Crippen molar-refractivity contribution in [3.63, 3.8) is 0 Å². The van der Waals surface area contributed by atoms with Gasteiger partial charge in [-0.25, -0.2) is 4.31 Å². The summed E-state index contributed by atoms with van der Waals surface area (Å²) < 4.78 is 7.57. The fourth-order valence-corrected chi connectivity index (χ4v) is 4.29. The Kier molecular flexibility index (Phi) is 4.59. The van der Waals surface area contributed by atoms with Gasteiger partial charge in [-0.15, -0.1) is 0 Å². The topological polar surface area (TPSA) is 12.5 Å². The number of ether oxygens (including phenoxy) is 1. The average molecular weight is 271 g/mol. The summed E-state index contributed by atoms with van der Waals surface area (Å²) in [5, 5.41) is 0. The third kappa shape index (κ3) is 2.75. The predicted octanol–water partition coefficient (Wildman–Crippen LogP) is 3.80. The molecule has 0 bridgehead atoms. The van der Waals surface area contributed by atoms with E-state index in [0.717, 1.165) is 18.9 Å². The summed E-state index contributed by atoms with van der Waals surface area (Å²) in [6.45, 7) is 2.11. The lowest BCUT2D eigenvalue weighted by Gasteiger charge is -2.21. The van der Waals surface area contributed by atoms with Crippen LogP contribution < -0.4 is 4.74 Å². The SMILES string of the molecule is COc1ccc(C2CCCN2SP=S)cc1. The quantitative estimate of drug-likeness (QED) is 0.609. The third-order valence-corrected chi connectivity index (χ3v) is 4.99. The Labute approximate surface area is 107 Å². The van der Waals surface area contributed by atoms with Crippen LogP contribution in [0.4, 0.5) is 0 Å². The summed E-state index contributed by atoms with van der Waals surface area (Å²) >= 11 is 6.75. The average Bonchev–Trinajstić information content (AvgIpc) is 2.78. The van der Waals surface area contributed by atoms with Gasteiger partial charge >= 0.3 is 0 Å². The van der Waals surface area contributed by atoms with Crippen LogP contribution in [-0.2, 0) is 11.8 Å². The Morgan fingerprint density at radius 2 is 2.19 bits per heavy atom. The van der Waals surface area contributed by atoms with Crippen LogP contribution in [0.3, 0.4) is 0 Å². The Bertz CT molecular complexity index is 358. The maximum Gasteiger partial charge on any atom is 0.118 e. The van der Waals surface area contributed by atoms with Crippen LogP contribution in [0.2, 0.25) is 0 Å². The first kappa shape index (κ1) is 12.3. The normalized spacial score (nSPS) is 21.4. The van der Waals surface area contributed by atoms with Crippen LogP contribution in [0, 0.1) is 0 Å². The van der Waals surface area contributed by atoms with Crippen LogP contribution in [-0.4, -0.2) is 18.0 Å². The van der Waals surface area contributed by atoms with Crippen molar-refractivity contribution in [3.05, 3.63) is 29.8 Å². The molecule has 0 amide bonds. The zero-order valence-electron chi connectivity index (χ0n) is 9.13. The minimum absolute atomic E-state index is 0.520. The summed E-state index contributed by atoms with van der Waals surface area (Å²) in [6, 6.07) is 8.89. The highest BCUT2D eigenvalue weighted by atomic mass is 32.9. The molecule has 1 aliphatic heterocycles. The highest BCUT2D eigenvalue weighted by molar-refractivity contribution is 8.56. The minimum Gasteiger partial charge on any atom is -0.497 e. The van der Waals surface area contributed by atoms with E-state index in [1.807, 2.05) is 12.1 Å². The lowest BCUT2D eigenvalue weighted by Crippen LogP contribution is -2.13. The molecule has 2 rings (SSSR count). The van der Waals surface area contributed by atoms with Gasteiger partial charge in [0.2, 0.25) is 0 Å². The van der Waals surface area contributed by atoms with Crippen molar-refractivity contribution in [2.24, 2.45) is 0 Å². The second-order valence-electron chi connectivity index (χ2n) is 3.73. The molecule has 1 aromatic rings. The Balaban J connectivity index is 2.12. The minimum atomic E-state index is 0.520. The van der Waals surface area contributed by atoms with Crippen LogP contribution in [0.15, 0.2) is 24.3 Å². The molecule has 2 nitrogen and oxygen atoms in total. The zero-order chi connectivity index (χ0) is 11.4. The standard InChI is InChI=1S/C11H14NOPS2/c1-13-10-6-4-9(5-7-10)11-3-2-8-12(11)16-14-15/h4-7,11H,2-3,8H2,1H3. The predicted molar refractivity (Wildman–Crippen MR) is 73.6 cm³/mol. The van der Waals surface area contributed by atoms with E-state index in [2.05, 4.69) is 16.4 Å². The molecule has 1 heterocycles. The molecule has 1 fully saturated rings. The summed E-state index contributed by atoms with van der Waals surface area (Å²) in [5.74, 6) is 0.919. The number of hydrogen-bond acceptors (Lipinski definition) is 4. The molecule has 5 heteroatoms. The monoisotopic (exact) mass is 271 g/mol. The Morgan fingerprint density at radius 1 is 1.44 bits per heavy atom. The number of benzene rings is 1. The molecular weight excluding hydrogens is 257 g/mol. The van der Waals surface area contributed by atoms with E-state index in [-0.39, 0.29) is 0 Å². The van der Waals surface area contributed by atoms with Gasteiger partial charge in [0.15, 0.2) is 0 Å². The number of hydrogen-bond donors (Lipinski definition) is 0. The molecule has 1 saturated heterocycles. The number of rotatable bonds is 4. The van der Waals surface area contributed by atoms with Gasteiger partial charge in [0.25, 0.3) is 0 Å². The van der Waals surface area contributed by atoms with Crippen LogP contribution >= 0.6 is 18.1 Å². The Morgan fingerprint density at radius 3 is 2.81 bits per heavy atom. The Hall–Kier alpha value is -0.150. The lowest BCUT2D eigenvalue weighted by atomic mass is 10.1. The van der Waals surface area contributed by atoms with E-state index in [0.29, 0.717) is 6.04 Å². The molecule has 0 saturated carbocycles. The van der Waals surface area contributed by atoms with Crippen molar-refractivity contribution in [1.82, 2.24) is 4.31 Å². The maximum absolute atomic E-state index is 5.17. The largest absolute Gasteiger partial charge is 0.497 e. The van der Waals surface area contributed by atoms with Gasteiger partial charge < -0.3 is 4.74 Å². The van der Waals surface area contributed by atoms with E-state index >= 15 is 0 Å². The van der Waals surface area contributed by atoms with Crippen LogP contribution in [0.25, 0.3) is 0 Å². The summed E-state index contributed by atoms with van der Waals surface area (Å²) in [6.07, 6.45) is 2.48. The third-order valence-electron chi connectivity index (χ3n) is 2.84. The molecule has 1 aromatic carbocycles. The number of nitrogens with zero attached hydrogens (tertiary/aromatic N) is 1. The van der Waals surface area contributed by atoms with Crippen molar-refractivity contribution in [3.8, 4) is 5.75 Å². The maximum atomic E-state index is 5.17. The van der Waals surface area contributed by atoms with Gasteiger partial charge in [0.1, 0.15) is 5.75 Å². The second kappa shape index (κ2) is 5.97. The molecule has 16 heavy (non-hydrogen) atoms. The summed E-state index contributed by atoms with van der Waals surface area (Å²) in [5.41, 5.74) is 1.37. The van der Waals surface area contributed by atoms with Crippen LogP contribution in [0.5, 0.6) is 5.75 Å². The molecule has 1 aliphatic rings. The highest BCUT2D eigenvalue weighted by Gasteiger charge is 2.26. The first-order chi connectivity index (χ1) is 7.85. The van der Waals surface area contributed by atoms with Gasteiger partial charge in [-0.1, -0.05) is 12.1 Å². The van der Waals surface area contributed by atoms with Crippen molar-refractivity contribution in [2.45, 2.75) is 18.9 Å². The lowest BCUT2D eigenvalue weighted by molar-refractivity contribution is 0.413. The van der Waals surface area contributed by atoms with Gasteiger partial charge in [-0.05, 0) is 53.9 Å². The fourth-order valence-electron chi connectivity index (χ4n) is 2.04. The van der Waals surface area contributed by atoms with E-state index in [1.54, 1.807) is 18.7 Å². The molecule has 1 unspecified atom stereocenters. The van der Waals surface area contributed by atoms with Crippen molar-refractivity contribution >= 4 is 29.9 Å².